The summed E-state index contributed by atoms with van der Waals surface area (Å²) in [7, 11) is 0. The van der Waals surface area contributed by atoms with Crippen LogP contribution in [0.25, 0.3) is 5.69 Å². The molecule has 124 valence electrons. The molecule has 0 bridgehead atoms. The van der Waals surface area contributed by atoms with Gasteiger partial charge in [0, 0.05) is 25.9 Å². The highest BCUT2D eigenvalue weighted by molar-refractivity contribution is 9.10. The average Bonchev–Trinajstić information content (AvgIpc) is 2.86. The van der Waals surface area contributed by atoms with Gasteiger partial charge >= 0.3 is 0 Å². The van der Waals surface area contributed by atoms with E-state index in [0.717, 1.165) is 14.6 Å². The second-order valence-corrected chi connectivity index (χ2v) is 7.31. The van der Waals surface area contributed by atoms with Crippen LogP contribution in [0, 0.1) is 18.3 Å². The third kappa shape index (κ3) is 3.13. The number of hydrogen-bond donors (Lipinski definition) is 1. The molecular formula is C19H13Br2N3O. The number of nitriles is 1. The van der Waals surface area contributed by atoms with Crippen molar-refractivity contribution >= 4 is 43.3 Å². The third-order valence-corrected chi connectivity index (χ3v) is 5.02. The Balaban J connectivity index is 2.25. The lowest BCUT2D eigenvalue weighted by Gasteiger charge is -2.12. The molecule has 0 aliphatic heterocycles. The smallest absolute Gasteiger partial charge is 0.211 e. The third-order valence-electron chi connectivity index (χ3n) is 3.96. The Morgan fingerprint density at radius 3 is 2.08 bits per heavy atom. The van der Waals surface area contributed by atoms with Gasteiger partial charge < -0.3 is 10.3 Å². The summed E-state index contributed by atoms with van der Waals surface area (Å²) < 4.78 is 3.55. The molecule has 25 heavy (non-hydrogen) atoms. The molecule has 0 fully saturated rings. The molecule has 0 atom stereocenters. The summed E-state index contributed by atoms with van der Waals surface area (Å²) in [4.78, 5) is 13.1. The van der Waals surface area contributed by atoms with Crippen molar-refractivity contribution in [1.82, 2.24) is 4.57 Å². The summed E-state index contributed by atoms with van der Waals surface area (Å²) in [5, 5.41) is 9.45. The number of rotatable bonds is 3. The second-order valence-electron chi connectivity index (χ2n) is 5.48. The lowest BCUT2D eigenvalue weighted by molar-refractivity contribution is 0.103. The van der Waals surface area contributed by atoms with E-state index in [2.05, 4.69) is 37.9 Å². The summed E-state index contributed by atoms with van der Waals surface area (Å²) in [5.74, 6) is -0.225. The molecular weight excluding hydrogens is 446 g/mol. The highest BCUT2D eigenvalue weighted by atomic mass is 79.9. The lowest BCUT2D eigenvalue weighted by atomic mass is 10.1. The van der Waals surface area contributed by atoms with Crippen LogP contribution in [0.4, 0.5) is 5.69 Å². The zero-order valence-electron chi connectivity index (χ0n) is 13.3. The average molecular weight is 459 g/mol. The number of hydrogen-bond acceptors (Lipinski definition) is 3. The highest BCUT2D eigenvalue weighted by Gasteiger charge is 2.25. The van der Waals surface area contributed by atoms with Gasteiger partial charge in [-0.3, -0.25) is 4.79 Å². The monoisotopic (exact) mass is 457 g/mol. The number of benzene rings is 2. The topological polar surface area (TPSA) is 71.8 Å². The number of carbonyl (C=O) groups excluding carboxylic acids is 1. The maximum absolute atomic E-state index is 13.1. The van der Waals surface area contributed by atoms with Crippen LogP contribution in [0.5, 0.6) is 0 Å². The lowest BCUT2D eigenvalue weighted by Crippen LogP contribution is -2.12. The van der Waals surface area contributed by atoms with Crippen molar-refractivity contribution in [1.29, 1.82) is 5.26 Å². The minimum atomic E-state index is -0.225. The van der Waals surface area contributed by atoms with Gasteiger partial charge in [0.15, 0.2) is 0 Å². The summed E-state index contributed by atoms with van der Waals surface area (Å²) in [6.07, 6.45) is 0. The van der Waals surface area contributed by atoms with Gasteiger partial charge in [0.05, 0.1) is 11.3 Å². The van der Waals surface area contributed by atoms with E-state index in [1.807, 2.05) is 24.3 Å². The predicted octanol–water partition coefficient (Wildman–Crippen LogP) is 5.00. The molecule has 2 aromatic carbocycles. The molecule has 0 radical (unpaired) electrons. The van der Waals surface area contributed by atoms with Crippen molar-refractivity contribution < 1.29 is 4.79 Å². The maximum atomic E-state index is 13.1. The summed E-state index contributed by atoms with van der Waals surface area (Å²) in [6, 6.07) is 16.7. The largest absolute Gasteiger partial charge is 0.396 e. The van der Waals surface area contributed by atoms with Gasteiger partial charge in [0.25, 0.3) is 0 Å². The van der Waals surface area contributed by atoms with Crippen molar-refractivity contribution in [3.63, 3.8) is 0 Å². The van der Waals surface area contributed by atoms with Crippen LogP contribution in [-0.4, -0.2) is 10.4 Å². The second kappa shape index (κ2) is 6.87. The molecule has 2 N–H and O–H groups in total. The van der Waals surface area contributed by atoms with E-state index < -0.39 is 0 Å². The Morgan fingerprint density at radius 2 is 1.56 bits per heavy atom. The van der Waals surface area contributed by atoms with Crippen LogP contribution < -0.4 is 5.73 Å². The fraction of sp³-hybridized carbons (Fsp3) is 0.0526. The first-order chi connectivity index (χ1) is 11.9. The molecule has 0 aliphatic carbocycles. The van der Waals surface area contributed by atoms with Gasteiger partial charge in [-0.15, -0.1) is 0 Å². The minimum absolute atomic E-state index is 0.204. The molecule has 4 nitrogen and oxygen atoms in total. The molecule has 6 heteroatoms. The normalized spacial score (nSPS) is 10.5. The minimum Gasteiger partial charge on any atom is -0.396 e. The SMILES string of the molecule is Cc1c(C#N)c(N)c(C(=O)c2ccc(Br)cc2)n1-c1ccc(Br)cc1. The number of carbonyl (C=O) groups is 1. The van der Waals surface area contributed by atoms with E-state index in [4.69, 9.17) is 5.73 Å². The standard InChI is InChI=1S/C19H13Br2N3O/c1-11-16(10-22)17(23)18(19(25)12-2-4-13(20)5-3-12)24(11)15-8-6-14(21)7-9-15/h2-9H,23H2,1H3. The van der Waals surface area contributed by atoms with Crippen LogP contribution in [0.1, 0.15) is 27.3 Å². The fourth-order valence-corrected chi connectivity index (χ4v) is 3.26. The first-order valence-corrected chi connectivity index (χ1v) is 8.99. The van der Waals surface area contributed by atoms with E-state index in [-0.39, 0.29) is 11.5 Å². The molecule has 1 heterocycles. The highest BCUT2D eigenvalue weighted by Crippen LogP contribution is 2.31. The maximum Gasteiger partial charge on any atom is 0.211 e. The first kappa shape index (κ1) is 17.5. The molecule has 0 saturated carbocycles. The van der Waals surface area contributed by atoms with Crippen LogP contribution in [0.3, 0.4) is 0 Å². The van der Waals surface area contributed by atoms with Gasteiger partial charge in [-0.2, -0.15) is 5.26 Å². The van der Waals surface area contributed by atoms with Crippen molar-refractivity contribution in [2.45, 2.75) is 6.92 Å². The van der Waals surface area contributed by atoms with Crippen molar-refractivity contribution in [2.24, 2.45) is 0 Å². The summed E-state index contributed by atoms with van der Waals surface area (Å²) in [6.45, 7) is 1.79. The fourth-order valence-electron chi connectivity index (χ4n) is 2.73. The van der Waals surface area contributed by atoms with E-state index in [1.165, 1.54) is 0 Å². The molecule has 0 unspecified atom stereocenters. The van der Waals surface area contributed by atoms with E-state index in [1.54, 1.807) is 35.8 Å². The molecule has 0 saturated heterocycles. The van der Waals surface area contributed by atoms with Crippen LogP contribution in [0.15, 0.2) is 57.5 Å². The molecule has 1 aromatic heterocycles. The predicted molar refractivity (Wildman–Crippen MR) is 105 cm³/mol. The number of nitrogen functional groups attached to an aromatic ring is 1. The quantitative estimate of drug-likeness (QED) is 0.561. The Morgan fingerprint density at radius 1 is 1.04 bits per heavy atom. The van der Waals surface area contributed by atoms with Crippen molar-refractivity contribution in [3.8, 4) is 11.8 Å². The van der Waals surface area contributed by atoms with Crippen LogP contribution in [-0.2, 0) is 0 Å². The van der Waals surface area contributed by atoms with Gasteiger partial charge in [0.1, 0.15) is 11.8 Å². The summed E-state index contributed by atoms with van der Waals surface area (Å²) in [5.41, 5.74) is 8.92. The molecule has 3 rings (SSSR count). The molecule has 3 aromatic rings. The molecule has 0 aliphatic rings. The van der Waals surface area contributed by atoms with Gasteiger partial charge in [-0.25, -0.2) is 0 Å². The van der Waals surface area contributed by atoms with Crippen molar-refractivity contribution in [2.75, 3.05) is 5.73 Å². The number of nitrogens with two attached hydrogens (primary N) is 1. The zero-order valence-corrected chi connectivity index (χ0v) is 16.4. The number of anilines is 1. The molecule has 0 spiro atoms. The van der Waals surface area contributed by atoms with Crippen LogP contribution >= 0.6 is 31.9 Å². The Labute approximate surface area is 162 Å². The van der Waals surface area contributed by atoms with E-state index in [9.17, 15) is 10.1 Å². The van der Waals surface area contributed by atoms with Gasteiger partial charge in [0.2, 0.25) is 5.78 Å². The Kier molecular flexibility index (Phi) is 4.80. The Hall–Kier alpha value is -2.36. The van der Waals surface area contributed by atoms with Crippen molar-refractivity contribution in [3.05, 3.63) is 80.0 Å². The molecule has 0 amide bonds. The summed E-state index contributed by atoms with van der Waals surface area (Å²) >= 11 is 6.76. The van der Waals surface area contributed by atoms with E-state index >= 15 is 0 Å². The van der Waals surface area contributed by atoms with Gasteiger partial charge in [-0.05, 0) is 55.5 Å². The first-order valence-electron chi connectivity index (χ1n) is 7.41. The van der Waals surface area contributed by atoms with Crippen LogP contribution in [0.2, 0.25) is 0 Å². The number of halogens is 2. The number of aromatic nitrogens is 1. The van der Waals surface area contributed by atoms with E-state index in [0.29, 0.717) is 22.5 Å². The zero-order chi connectivity index (χ0) is 18.1. The Bertz CT molecular complexity index is 997. The number of ketones is 1. The number of nitrogens with zero attached hydrogens (tertiary/aromatic N) is 2. The van der Waals surface area contributed by atoms with Gasteiger partial charge in [-0.1, -0.05) is 31.9 Å².